The Kier molecular flexibility index (Phi) is 4.03. The van der Waals surface area contributed by atoms with Gasteiger partial charge in [0.25, 0.3) is 0 Å². The molecule has 0 saturated carbocycles. The zero-order valence-corrected chi connectivity index (χ0v) is 14.0. The SMILES string of the molecule is O=S(=O)(c1ccc2c(c1)N=Cc1c(F)cccc1O2)N1CCOCC1. The maximum Gasteiger partial charge on any atom is 0.243 e. The Labute approximate surface area is 144 Å². The van der Waals surface area contributed by atoms with Crippen molar-refractivity contribution in [2.24, 2.45) is 4.99 Å². The Balaban J connectivity index is 1.73. The van der Waals surface area contributed by atoms with Crippen molar-refractivity contribution in [1.29, 1.82) is 0 Å². The number of nitrogens with zero attached hydrogens (tertiary/aromatic N) is 2. The molecule has 0 radical (unpaired) electrons. The summed E-state index contributed by atoms with van der Waals surface area (Å²) in [6, 6.07) is 8.96. The monoisotopic (exact) mass is 362 g/mol. The van der Waals surface area contributed by atoms with Gasteiger partial charge < -0.3 is 9.47 Å². The van der Waals surface area contributed by atoms with Crippen molar-refractivity contribution in [3.8, 4) is 11.5 Å². The summed E-state index contributed by atoms with van der Waals surface area (Å²) in [5.74, 6) is 0.267. The van der Waals surface area contributed by atoms with Crippen LogP contribution >= 0.6 is 0 Å². The highest BCUT2D eigenvalue weighted by molar-refractivity contribution is 7.89. The van der Waals surface area contributed by atoms with E-state index in [0.717, 1.165) is 0 Å². The van der Waals surface area contributed by atoms with Gasteiger partial charge in [0, 0.05) is 19.3 Å². The molecule has 0 N–H and O–H groups in total. The molecular formula is C17H15FN2O4S. The minimum absolute atomic E-state index is 0.125. The van der Waals surface area contributed by atoms with E-state index in [0.29, 0.717) is 43.5 Å². The molecule has 0 amide bonds. The van der Waals surface area contributed by atoms with Gasteiger partial charge in [0.2, 0.25) is 10.0 Å². The second-order valence-corrected chi connectivity index (χ2v) is 7.60. The van der Waals surface area contributed by atoms with Gasteiger partial charge >= 0.3 is 0 Å². The van der Waals surface area contributed by atoms with Crippen LogP contribution in [0.25, 0.3) is 0 Å². The molecule has 1 saturated heterocycles. The van der Waals surface area contributed by atoms with E-state index in [1.165, 1.54) is 28.7 Å². The molecule has 8 heteroatoms. The van der Waals surface area contributed by atoms with E-state index < -0.39 is 15.8 Å². The highest BCUT2D eigenvalue weighted by Crippen LogP contribution is 2.38. The lowest BCUT2D eigenvalue weighted by molar-refractivity contribution is 0.0730. The molecule has 130 valence electrons. The van der Waals surface area contributed by atoms with Gasteiger partial charge in [-0.15, -0.1) is 0 Å². The number of aliphatic imine (C=N–C) groups is 1. The molecule has 0 spiro atoms. The third kappa shape index (κ3) is 2.92. The summed E-state index contributed by atoms with van der Waals surface area (Å²) in [5, 5.41) is 0. The number of ether oxygens (including phenoxy) is 2. The number of hydrogen-bond acceptors (Lipinski definition) is 5. The van der Waals surface area contributed by atoms with Crippen LogP contribution in [0.5, 0.6) is 11.5 Å². The average molecular weight is 362 g/mol. The first-order valence-corrected chi connectivity index (χ1v) is 9.22. The second kappa shape index (κ2) is 6.21. The number of rotatable bonds is 2. The number of fused-ring (bicyclic) bond motifs is 2. The van der Waals surface area contributed by atoms with E-state index in [9.17, 15) is 12.8 Å². The minimum atomic E-state index is -3.63. The number of benzene rings is 2. The van der Waals surface area contributed by atoms with E-state index >= 15 is 0 Å². The van der Waals surface area contributed by atoms with Gasteiger partial charge in [-0.1, -0.05) is 6.07 Å². The summed E-state index contributed by atoms with van der Waals surface area (Å²) in [6.07, 6.45) is 1.35. The number of morpholine rings is 1. The lowest BCUT2D eigenvalue weighted by Crippen LogP contribution is -2.40. The van der Waals surface area contributed by atoms with Crippen molar-refractivity contribution < 1.29 is 22.3 Å². The molecule has 2 aromatic rings. The maximum atomic E-state index is 13.9. The van der Waals surface area contributed by atoms with E-state index in [4.69, 9.17) is 9.47 Å². The minimum Gasteiger partial charge on any atom is -0.454 e. The second-order valence-electron chi connectivity index (χ2n) is 5.66. The van der Waals surface area contributed by atoms with Crippen LogP contribution in [0.4, 0.5) is 10.1 Å². The molecule has 2 heterocycles. The largest absolute Gasteiger partial charge is 0.454 e. The van der Waals surface area contributed by atoms with Crippen molar-refractivity contribution in [1.82, 2.24) is 4.31 Å². The molecule has 2 aromatic carbocycles. The fourth-order valence-electron chi connectivity index (χ4n) is 2.76. The third-order valence-corrected chi connectivity index (χ3v) is 6.00. The smallest absolute Gasteiger partial charge is 0.243 e. The first-order chi connectivity index (χ1) is 12.1. The van der Waals surface area contributed by atoms with Crippen molar-refractivity contribution >= 4 is 21.9 Å². The van der Waals surface area contributed by atoms with Crippen molar-refractivity contribution in [2.45, 2.75) is 4.90 Å². The summed E-state index contributed by atoms with van der Waals surface area (Å²) >= 11 is 0. The van der Waals surface area contributed by atoms with Crippen LogP contribution in [0.15, 0.2) is 46.3 Å². The van der Waals surface area contributed by atoms with E-state index in [1.54, 1.807) is 18.2 Å². The Morgan fingerprint density at radius 1 is 1.08 bits per heavy atom. The molecule has 1 fully saturated rings. The molecule has 0 bridgehead atoms. The number of hydrogen-bond donors (Lipinski definition) is 0. The molecule has 6 nitrogen and oxygen atoms in total. The van der Waals surface area contributed by atoms with Gasteiger partial charge in [0.05, 0.1) is 23.7 Å². The van der Waals surface area contributed by atoms with Gasteiger partial charge in [0.15, 0.2) is 5.75 Å². The highest BCUT2D eigenvalue weighted by atomic mass is 32.2. The zero-order chi connectivity index (χ0) is 17.4. The van der Waals surface area contributed by atoms with E-state index in [1.807, 2.05) is 0 Å². The van der Waals surface area contributed by atoms with Crippen LogP contribution in [-0.2, 0) is 14.8 Å². The molecule has 2 aliphatic rings. The van der Waals surface area contributed by atoms with Crippen LogP contribution < -0.4 is 4.74 Å². The summed E-state index contributed by atoms with van der Waals surface area (Å²) in [6.45, 7) is 1.38. The van der Waals surface area contributed by atoms with Crippen LogP contribution in [0.3, 0.4) is 0 Å². The zero-order valence-electron chi connectivity index (χ0n) is 13.2. The first kappa shape index (κ1) is 16.2. The van der Waals surface area contributed by atoms with E-state index in [2.05, 4.69) is 4.99 Å². The summed E-state index contributed by atoms with van der Waals surface area (Å²) in [7, 11) is -3.63. The maximum absolute atomic E-state index is 13.9. The number of sulfonamides is 1. The van der Waals surface area contributed by atoms with Crippen LogP contribution in [-0.4, -0.2) is 45.2 Å². The molecule has 0 aliphatic carbocycles. The summed E-state index contributed by atoms with van der Waals surface area (Å²) < 4.78 is 51.7. The molecule has 0 aromatic heterocycles. The average Bonchev–Trinajstić information content (AvgIpc) is 2.82. The molecule has 0 unspecified atom stereocenters. The lowest BCUT2D eigenvalue weighted by Gasteiger charge is -2.26. The molecule has 0 atom stereocenters. The van der Waals surface area contributed by atoms with Gasteiger partial charge in [-0.05, 0) is 30.3 Å². The fourth-order valence-corrected chi connectivity index (χ4v) is 4.19. The van der Waals surface area contributed by atoms with Gasteiger partial charge in [-0.3, -0.25) is 4.99 Å². The summed E-state index contributed by atoms with van der Waals surface area (Å²) in [4.78, 5) is 4.34. The van der Waals surface area contributed by atoms with Gasteiger partial charge in [0.1, 0.15) is 17.3 Å². The summed E-state index contributed by atoms with van der Waals surface area (Å²) in [5.41, 5.74) is 0.571. The van der Waals surface area contributed by atoms with Gasteiger partial charge in [-0.25, -0.2) is 12.8 Å². The lowest BCUT2D eigenvalue weighted by atomic mass is 10.2. The van der Waals surface area contributed by atoms with Crippen LogP contribution in [0.2, 0.25) is 0 Å². The Morgan fingerprint density at radius 2 is 1.88 bits per heavy atom. The Morgan fingerprint density at radius 3 is 2.68 bits per heavy atom. The molecule has 25 heavy (non-hydrogen) atoms. The van der Waals surface area contributed by atoms with Crippen LogP contribution in [0, 0.1) is 5.82 Å². The third-order valence-electron chi connectivity index (χ3n) is 4.10. The predicted molar refractivity (Wildman–Crippen MR) is 89.7 cm³/mol. The first-order valence-electron chi connectivity index (χ1n) is 7.78. The van der Waals surface area contributed by atoms with Gasteiger partial charge in [-0.2, -0.15) is 4.31 Å². The normalized spacial score (nSPS) is 17.3. The van der Waals surface area contributed by atoms with Crippen molar-refractivity contribution in [3.63, 3.8) is 0 Å². The standard InChI is InChI=1S/C17H15FN2O4S/c18-14-2-1-3-16-13(14)11-19-15-10-12(4-5-17(15)24-16)25(21,22)20-6-8-23-9-7-20/h1-5,10-11H,6-9H2. The van der Waals surface area contributed by atoms with E-state index in [-0.39, 0.29) is 10.5 Å². The molecule has 4 rings (SSSR count). The van der Waals surface area contributed by atoms with Crippen molar-refractivity contribution in [2.75, 3.05) is 26.3 Å². The van der Waals surface area contributed by atoms with Crippen molar-refractivity contribution in [3.05, 3.63) is 47.8 Å². The Bertz CT molecular complexity index is 953. The molecule has 2 aliphatic heterocycles. The highest BCUT2D eigenvalue weighted by Gasteiger charge is 2.27. The molecular weight excluding hydrogens is 347 g/mol. The van der Waals surface area contributed by atoms with Crippen LogP contribution in [0.1, 0.15) is 5.56 Å². The topological polar surface area (TPSA) is 68.2 Å². The number of halogens is 1. The fraction of sp³-hybridized carbons (Fsp3) is 0.235. The Hall–Kier alpha value is -2.29. The quantitative estimate of drug-likeness (QED) is 0.703. The predicted octanol–water partition coefficient (Wildman–Crippen LogP) is 2.70.